The van der Waals surface area contributed by atoms with Gasteiger partial charge in [-0.05, 0) is 17.5 Å². The Morgan fingerprint density at radius 2 is 1.45 bits per heavy atom. The van der Waals surface area contributed by atoms with Crippen LogP contribution in [0.1, 0.15) is 12.0 Å². The van der Waals surface area contributed by atoms with Crippen LogP contribution in [-0.4, -0.2) is 18.5 Å². The molecule has 1 saturated heterocycles. The maximum atomic E-state index is 5.88. The molecule has 2 nitrogen and oxygen atoms in total. The summed E-state index contributed by atoms with van der Waals surface area (Å²) in [6.45, 7) is 1.48. The molecule has 0 saturated carbocycles. The van der Waals surface area contributed by atoms with Crippen molar-refractivity contribution < 1.29 is 9.47 Å². The number of ether oxygens (including phenoxy) is 2. The number of halogens is 1. The first kappa shape index (κ1) is 13.8. The van der Waals surface area contributed by atoms with Crippen LogP contribution in [0.15, 0.2) is 54.6 Å². The molecule has 0 aromatic heterocycles. The molecular weight excluding hydrogens is 316 g/mol. The highest BCUT2D eigenvalue weighted by Gasteiger charge is 2.35. The normalized spacial score (nSPS) is 17.9. The monoisotopic (exact) mass is 332 g/mol. The van der Waals surface area contributed by atoms with Gasteiger partial charge in [0.2, 0.25) is 5.79 Å². The van der Waals surface area contributed by atoms with Gasteiger partial charge in [-0.2, -0.15) is 0 Å². The summed E-state index contributed by atoms with van der Waals surface area (Å²) in [5.41, 5.74) is 3.49. The van der Waals surface area contributed by atoms with E-state index in [-0.39, 0.29) is 0 Å². The number of hydrogen-bond donors (Lipinski definition) is 0. The lowest BCUT2D eigenvalue weighted by molar-refractivity contribution is -0.260. The van der Waals surface area contributed by atoms with Gasteiger partial charge in [0.1, 0.15) is 0 Å². The minimum atomic E-state index is -0.631. The van der Waals surface area contributed by atoms with E-state index in [1.165, 1.54) is 11.1 Å². The molecule has 3 rings (SSSR count). The van der Waals surface area contributed by atoms with Gasteiger partial charge in [0.05, 0.1) is 18.5 Å². The molecule has 20 heavy (non-hydrogen) atoms. The van der Waals surface area contributed by atoms with E-state index in [4.69, 9.17) is 9.47 Å². The Balaban J connectivity index is 1.89. The topological polar surface area (TPSA) is 18.5 Å². The van der Waals surface area contributed by atoms with Crippen molar-refractivity contribution in [2.24, 2.45) is 0 Å². The Morgan fingerprint density at radius 1 is 0.850 bits per heavy atom. The SMILES string of the molecule is BrCC1(c2ccc(-c3ccccc3)cc2)OCCCO1. The van der Waals surface area contributed by atoms with Crippen molar-refractivity contribution >= 4 is 15.9 Å². The maximum Gasteiger partial charge on any atom is 0.204 e. The largest absolute Gasteiger partial charge is 0.345 e. The fraction of sp³-hybridized carbons (Fsp3) is 0.294. The molecule has 1 heterocycles. The summed E-state index contributed by atoms with van der Waals surface area (Å²) in [4.78, 5) is 0. The zero-order chi connectivity index (χ0) is 13.8. The van der Waals surface area contributed by atoms with E-state index in [9.17, 15) is 0 Å². The number of alkyl halides is 1. The summed E-state index contributed by atoms with van der Waals surface area (Å²) in [5, 5.41) is 0.644. The first-order valence-corrected chi connectivity index (χ1v) is 7.96. The van der Waals surface area contributed by atoms with Crippen LogP contribution in [0, 0.1) is 0 Å². The third-order valence-electron chi connectivity index (χ3n) is 3.57. The van der Waals surface area contributed by atoms with Gasteiger partial charge in [0, 0.05) is 5.56 Å². The van der Waals surface area contributed by atoms with Crippen LogP contribution < -0.4 is 0 Å². The Hall–Kier alpha value is -1.16. The van der Waals surface area contributed by atoms with Crippen molar-refractivity contribution in [2.75, 3.05) is 18.5 Å². The third kappa shape index (κ3) is 2.66. The molecule has 0 amide bonds. The fourth-order valence-corrected chi connectivity index (χ4v) is 3.09. The van der Waals surface area contributed by atoms with Gasteiger partial charge < -0.3 is 9.47 Å². The molecule has 2 aromatic carbocycles. The lowest BCUT2D eigenvalue weighted by Gasteiger charge is -2.36. The highest BCUT2D eigenvalue weighted by Crippen LogP contribution is 2.33. The summed E-state index contributed by atoms with van der Waals surface area (Å²) >= 11 is 3.52. The second kappa shape index (κ2) is 6.08. The van der Waals surface area contributed by atoms with Gasteiger partial charge in [-0.25, -0.2) is 0 Å². The number of benzene rings is 2. The van der Waals surface area contributed by atoms with Gasteiger partial charge in [-0.1, -0.05) is 70.5 Å². The van der Waals surface area contributed by atoms with Crippen LogP contribution in [0.2, 0.25) is 0 Å². The molecule has 0 spiro atoms. The maximum absolute atomic E-state index is 5.88. The third-order valence-corrected chi connectivity index (χ3v) is 4.31. The molecular formula is C17H17BrO2. The summed E-state index contributed by atoms with van der Waals surface area (Å²) in [5.74, 6) is -0.631. The molecule has 0 unspecified atom stereocenters. The summed E-state index contributed by atoms with van der Waals surface area (Å²) in [6.07, 6.45) is 0.955. The zero-order valence-electron chi connectivity index (χ0n) is 11.2. The van der Waals surface area contributed by atoms with E-state index in [1.807, 2.05) is 6.07 Å². The van der Waals surface area contributed by atoms with Crippen LogP contribution in [0.4, 0.5) is 0 Å². The zero-order valence-corrected chi connectivity index (χ0v) is 12.8. The van der Waals surface area contributed by atoms with E-state index in [1.54, 1.807) is 0 Å². The van der Waals surface area contributed by atoms with Gasteiger partial charge in [-0.3, -0.25) is 0 Å². The molecule has 0 radical (unpaired) electrons. The van der Waals surface area contributed by atoms with Crippen molar-refractivity contribution in [1.82, 2.24) is 0 Å². The lowest BCUT2D eigenvalue weighted by atomic mass is 10.0. The molecule has 1 fully saturated rings. The highest BCUT2D eigenvalue weighted by molar-refractivity contribution is 9.09. The fourth-order valence-electron chi connectivity index (χ4n) is 2.44. The van der Waals surface area contributed by atoms with Crippen molar-refractivity contribution in [2.45, 2.75) is 12.2 Å². The molecule has 2 aromatic rings. The Labute approximate surface area is 127 Å². The predicted molar refractivity (Wildman–Crippen MR) is 83.9 cm³/mol. The van der Waals surface area contributed by atoms with Crippen molar-refractivity contribution in [1.29, 1.82) is 0 Å². The van der Waals surface area contributed by atoms with Crippen LogP contribution in [0.3, 0.4) is 0 Å². The summed E-state index contributed by atoms with van der Waals surface area (Å²) in [7, 11) is 0. The van der Waals surface area contributed by atoms with Crippen LogP contribution in [0.25, 0.3) is 11.1 Å². The highest BCUT2D eigenvalue weighted by atomic mass is 79.9. The molecule has 0 atom stereocenters. The summed E-state index contributed by atoms with van der Waals surface area (Å²) < 4.78 is 11.8. The molecule has 3 heteroatoms. The predicted octanol–water partition coefficient (Wildman–Crippen LogP) is 4.34. The van der Waals surface area contributed by atoms with E-state index in [0.717, 1.165) is 25.2 Å². The Bertz CT molecular complexity index is 545. The van der Waals surface area contributed by atoms with Crippen LogP contribution in [-0.2, 0) is 15.3 Å². The van der Waals surface area contributed by atoms with Crippen molar-refractivity contribution in [3.63, 3.8) is 0 Å². The smallest absolute Gasteiger partial charge is 0.204 e. The molecule has 1 aliphatic rings. The number of rotatable bonds is 3. The molecule has 0 N–H and O–H groups in total. The minimum Gasteiger partial charge on any atom is -0.345 e. The van der Waals surface area contributed by atoms with E-state index < -0.39 is 5.79 Å². The molecule has 104 valence electrons. The standard InChI is InChI=1S/C17H17BrO2/c18-13-17(19-11-4-12-20-17)16-9-7-15(8-10-16)14-5-2-1-3-6-14/h1-3,5-10H,4,11-13H2. The van der Waals surface area contributed by atoms with Crippen molar-refractivity contribution in [3.05, 3.63) is 60.2 Å². The summed E-state index contributed by atoms with van der Waals surface area (Å²) in [6, 6.07) is 18.8. The Kier molecular flexibility index (Phi) is 4.20. The van der Waals surface area contributed by atoms with E-state index >= 15 is 0 Å². The quantitative estimate of drug-likeness (QED) is 0.778. The van der Waals surface area contributed by atoms with E-state index in [0.29, 0.717) is 5.33 Å². The lowest BCUT2D eigenvalue weighted by Crippen LogP contribution is -2.39. The number of hydrogen-bond acceptors (Lipinski definition) is 2. The van der Waals surface area contributed by atoms with Crippen LogP contribution >= 0.6 is 15.9 Å². The first-order valence-electron chi connectivity index (χ1n) is 6.84. The van der Waals surface area contributed by atoms with Gasteiger partial charge in [0.25, 0.3) is 0 Å². The first-order chi connectivity index (χ1) is 9.84. The second-order valence-corrected chi connectivity index (χ2v) is 5.44. The molecule has 0 bridgehead atoms. The molecule has 1 aliphatic heterocycles. The Morgan fingerprint density at radius 3 is 2.05 bits per heavy atom. The second-order valence-electron chi connectivity index (χ2n) is 4.88. The van der Waals surface area contributed by atoms with Gasteiger partial charge in [-0.15, -0.1) is 0 Å². The molecule has 0 aliphatic carbocycles. The average Bonchev–Trinajstić information content (AvgIpc) is 2.56. The van der Waals surface area contributed by atoms with Crippen LogP contribution in [0.5, 0.6) is 0 Å². The van der Waals surface area contributed by atoms with Gasteiger partial charge in [0.15, 0.2) is 0 Å². The van der Waals surface area contributed by atoms with Crippen molar-refractivity contribution in [3.8, 4) is 11.1 Å². The van der Waals surface area contributed by atoms with Gasteiger partial charge >= 0.3 is 0 Å². The minimum absolute atomic E-state index is 0.631. The average molecular weight is 333 g/mol. The van der Waals surface area contributed by atoms with E-state index in [2.05, 4.69) is 64.5 Å².